The standard InChI is InChI=1S/C15H20FN3/c1-2-18-7-3-4-13(10-18)19-9-11-5-6-12(16)8-14(11)15(19)17/h5-6,8,13,17H,2-4,7,9-10H2,1H3. The number of likely N-dealkylation sites (tertiary alicyclic amines) is 1. The van der Waals surface area contributed by atoms with Crippen molar-refractivity contribution in [1.29, 1.82) is 5.41 Å². The minimum absolute atomic E-state index is 0.246. The van der Waals surface area contributed by atoms with Gasteiger partial charge in [0.05, 0.1) is 0 Å². The first-order valence-corrected chi connectivity index (χ1v) is 7.05. The molecule has 0 radical (unpaired) electrons. The second kappa shape index (κ2) is 4.93. The van der Waals surface area contributed by atoms with Crippen LogP contribution >= 0.6 is 0 Å². The summed E-state index contributed by atoms with van der Waals surface area (Å²) >= 11 is 0. The molecule has 0 saturated carbocycles. The maximum absolute atomic E-state index is 13.3. The zero-order chi connectivity index (χ0) is 13.4. The molecule has 4 heteroatoms. The minimum atomic E-state index is -0.246. The van der Waals surface area contributed by atoms with Crippen LogP contribution in [0.2, 0.25) is 0 Å². The van der Waals surface area contributed by atoms with Crippen molar-refractivity contribution in [2.75, 3.05) is 19.6 Å². The fourth-order valence-electron chi connectivity index (χ4n) is 3.21. The van der Waals surface area contributed by atoms with Crippen LogP contribution in [-0.2, 0) is 6.54 Å². The summed E-state index contributed by atoms with van der Waals surface area (Å²) < 4.78 is 13.3. The number of likely N-dealkylation sites (N-methyl/N-ethyl adjacent to an activating group) is 1. The van der Waals surface area contributed by atoms with Gasteiger partial charge in [0.15, 0.2) is 0 Å². The van der Waals surface area contributed by atoms with Crippen LogP contribution in [0.4, 0.5) is 4.39 Å². The molecule has 3 rings (SSSR count). The molecule has 2 aliphatic heterocycles. The van der Waals surface area contributed by atoms with Crippen molar-refractivity contribution in [3.8, 4) is 0 Å². The molecule has 1 N–H and O–H groups in total. The molecule has 0 aromatic heterocycles. The van der Waals surface area contributed by atoms with E-state index in [0.717, 1.165) is 43.7 Å². The number of rotatable bonds is 2. The van der Waals surface area contributed by atoms with Crippen LogP contribution in [0.15, 0.2) is 18.2 Å². The molecule has 1 atom stereocenters. The molecule has 0 spiro atoms. The molecule has 3 nitrogen and oxygen atoms in total. The van der Waals surface area contributed by atoms with Crippen LogP contribution in [0.1, 0.15) is 30.9 Å². The third-order valence-corrected chi connectivity index (χ3v) is 4.32. The summed E-state index contributed by atoms with van der Waals surface area (Å²) in [6, 6.07) is 5.21. The number of halogens is 1. The van der Waals surface area contributed by atoms with E-state index in [9.17, 15) is 4.39 Å². The zero-order valence-electron chi connectivity index (χ0n) is 11.3. The SMILES string of the molecule is CCN1CCCC(N2Cc3ccc(F)cc3C2=N)C1. The second-order valence-electron chi connectivity index (χ2n) is 5.47. The van der Waals surface area contributed by atoms with E-state index < -0.39 is 0 Å². The fourth-order valence-corrected chi connectivity index (χ4v) is 3.21. The van der Waals surface area contributed by atoms with Gasteiger partial charge < -0.3 is 9.80 Å². The molecule has 1 fully saturated rings. The predicted molar refractivity (Wildman–Crippen MR) is 73.9 cm³/mol. The molecular weight excluding hydrogens is 241 g/mol. The Kier molecular flexibility index (Phi) is 3.27. The molecule has 2 heterocycles. The van der Waals surface area contributed by atoms with Crippen molar-refractivity contribution in [2.24, 2.45) is 0 Å². The number of fused-ring (bicyclic) bond motifs is 1. The highest BCUT2D eigenvalue weighted by Crippen LogP contribution is 2.28. The van der Waals surface area contributed by atoms with Crippen molar-refractivity contribution >= 4 is 5.84 Å². The first-order valence-electron chi connectivity index (χ1n) is 7.05. The molecule has 0 aliphatic carbocycles. The maximum atomic E-state index is 13.3. The lowest BCUT2D eigenvalue weighted by Gasteiger charge is -2.38. The molecule has 1 unspecified atom stereocenters. The van der Waals surface area contributed by atoms with Crippen LogP contribution in [0.5, 0.6) is 0 Å². The van der Waals surface area contributed by atoms with Gasteiger partial charge in [0.1, 0.15) is 11.7 Å². The first kappa shape index (κ1) is 12.6. The lowest BCUT2D eigenvalue weighted by atomic mass is 10.0. The molecule has 0 bridgehead atoms. The lowest BCUT2D eigenvalue weighted by Crippen LogP contribution is -2.47. The Bertz CT molecular complexity index is 500. The monoisotopic (exact) mass is 261 g/mol. The molecule has 2 aliphatic rings. The Morgan fingerprint density at radius 1 is 1.42 bits per heavy atom. The average molecular weight is 261 g/mol. The van der Waals surface area contributed by atoms with Crippen molar-refractivity contribution in [2.45, 2.75) is 32.4 Å². The third kappa shape index (κ3) is 2.25. The molecule has 102 valence electrons. The first-order chi connectivity index (χ1) is 9.19. The van der Waals surface area contributed by atoms with E-state index in [2.05, 4.69) is 16.7 Å². The maximum Gasteiger partial charge on any atom is 0.129 e. The van der Waals surface area contributed by atoms with E-state index >= 15 is 0 Å². The van der Waals surface area contributed by atoms with Gasteiger partial charge in [-0.2, -0.15) is 0 Å². The molecule has 1 saturated heterocycles. The Morgan fingerprint density at radius 3 is 3.05 bits per heavy atom. The van der Waals surface area contributed by atoms with Gasteiger partial charge in [-0.25, -0.2) is 4.39 Å². The number of hydrogen-bond donors (Lipinski definition) is 1. The average Bonchev–Trinajstić information content (AvgIpc) is 2.76. The van der Waals surface area contributed by atoms with Gasteiger partial charge in [0.2, 0.25) is 0 Å². The molecule has 0 amide bonds. The van der Waals surface area contributed by atoms with E-state index in [1.165, 1.54) is 18.6 Å². The Labute approximate surface area is 113 Å². The number of amidine groups is 1. The van der Waals surface area contributed by atoms with Gasteiger partial charge >= 0.3 is 0 Å². The van der Waals surface area contributed by atoms with Gasteiger partial charge in [0.25, 0.3) is 0 Å². The summed E-state index contributed by atoms with van der Waals surface area (Å²) in [6.45, 7) is 6.20. The quantitative estimate of drug-likeness (QED) is 0.886. The number of nitrogens with zero attached hydrogens (tertiary/aromatic N) is 2. The molecule has 19 heavy (non-hydrogen) atoms. The molecule has 1 aromatic rings. The Balaban J connectivity index is 1.79. The summed E-state index contributed by atoms with van der Waals surface area (Å²) in [6.07, 6.45) is 2.32. The summed E-state index contributed by atoms with van der Waals surface area (Å²) in [7, 11) is 0. The van der Waals surface area contributed by atoms with Crippen molar-refractivity contribution in [1.82, 2.24) is 9.80 Å². The van der Waals surface area contributed by atoms with E-state index in [0.29, 0.717) is 11.9 Å². The number of nitrogens with one attached hydrogen (secondary N) is 1. The lowest BCUT2D eigenvalue weighted by molar-refractivity contribution is 0.147. The number of benzene rings is 1. The fraction of sp³-hybridized carbons (Fsp3) is 0.533. The molecule has 1 aromatic carbocycles. The van der Waals surface area contributed by atoms with Gasteiger partial charge in [0, 0.05) is 24.7 Å². The summed E-state index contributed by atoms with van der Waals surface area (Å²) in [4.78, 5) is 4.58. The van der Waals surface area contributed by atoms with Crippen LogP contribution < -0.4 is 0 Å². The van der Waals surface area contributed by atoms with Crippen LogP contribution in [-0.4, -0.2) is 41.3 Å². The zero-order valence-corrected chi connectivity index (χ0v) is 11.3. The van der Waals surface area contributed by atoms with Crippen molar-refractivity contribution in [3.63, 3.8) is 0 Å². The summed E-state index contributed by atoms with van der Waals surface area (Å²) in [5.41, 5.74) is 1.86. The predicted octanol–water partition coefficient (Wildman–Crippen LogP) is 2.45. The van der Waals surface area contributed by atoms with Crippen LogP contribution in [0.3, 0.4) is 0 Å². The van der Waals surface area contributed by atoms with Crippen molar-refractivity contribution in [3.05, 3.63) is 35.1 Å². The minimum Gasteiger partial charge on any atom is -0.348 e. The van der Waals surface area contributed by atoms with E-state index in [4.69, 9.17) is 5.41 Å². The van der Waals surface area contributed by atoms with Gasteiger partial charge in [-0.15, -0.1) is 0 Å². The van der Waals surface area contributed by atoms with Gasteiger partial charge in [-0.1, -0.05) is 13.0 Å². The third-order valence-electron chi connectivity index (χ3n) is 4.32. The topological polar surface area (TPSA) is 30.3 Å². The van der Waals surface area contributed by atoms with Crippen LogP contribution in [0.25, 0.3) is 0 Å². The number of hydrogen-bond acceptors (Lipinski definition) is 2. The van der Waals surface area contributed by atoms with E-state index in [-0.39, 0.29) is 5.82 Å². The Morgan fingerprint density at radius 2 is 2.26 bits per heavy atom. The molecular formula is C15H20FN3. The van der Waals surface area contributed by atoms with Crippen LogP contribution in [0, 0.1) is 11.2 Å². The Hall–Kier alpha value is -1.42. The van der Waals surface area contributed by atoms with Crippen molar-refractivity contribution < 1.29 is 4.39 Å². The summed E-state index contributed by atoms with van der Waals surface area (Å²) in [5.74, 6) is 0.252. The van der Waals surface area contributed by atoms with Gasteiger partial charge in [-0.3, -0.25) is 5.41 Å². The van der Waals surface area contributed by atoms with Gasteiger partial charge in [-0.05, 0) is 43.6 Å². The second-order valence-corrected chi connectivity index (χ2v) is 5.47. The van der Waals surface area contributed by atoms with E-state index in [1.54, 1.807) is 0 Å². The van der Waals surface area contributed by atoms with E-state index in [1.807, 2.05) is 6.07 Å². The highest BCUT2D eigenvalue weighted by atomic mass is 19.1. The largest absolute Gasteiger partial charge is 0.348 e. The summed E-state index contributed by atoms with van der Waals surface area (Å²) in [5, 5.41) is 8.28. The normalized spacial score (nSPS) is 23.8. The highest BCUT2D eigenvalue weighted by molar-refractivity contribution is 6.00. The number of piperidine rings is 1. The highest BCUT2D eigenvalue weighted by Gasteiger charge is 2.32. The smallest absolute Gasteiger partial charge is 0.129 e.